The second-order valence-corrected chi connectivity index (χ2v) is 3.52. The molecule has 82 valence electrons. The van der Waals surface area contributed by atoms with Gasteiger partial charge in [0.15, 0.2) is 0 Å². The first-order chi connectivity index (χ1) is 7.19. The second kappa shape index (κ2) is 5.46. The molecule has 15 heavy (non-hydrogen) atoms. The molecule has 1 unspecified atom stereocenters. The van der Waals surface area contributed by atoms with E-state index in [4.69, 9.17) is 5.73 Å². The molecule has 0 aliphatic heterocycles. The number of carbonyl (C=O) groups excluding carboxylic acids is 1. The zero-order chi connectivity index (χ0) is 11.3. The van der Waals surface area contributed by atoms with Crippen LogP contribution in [0.4, 0.5) is 5.69 Å². The SMILES string of the molecule is CCC(CN)C(=O)Nc1ccncc1C. The van der Waals surface area contributed by atoms with E-state index in [0.717, 1.165) is 17.7 Å². The summed E-state index contributed by atoms with van der Waals surface area (Å²) in [6, 6.07) is 1.79. The maximum Gasteiger partial charge on any atom is 0.228 e. The van der Waals surface area contributed by atoms with E-state index in [0.29, 0.717) is 6.54 Å². The normalized spacial score (nSPS) is 12.2. The highest BCUT2D eigenvalue weighted by atomic mass is 16.1. The van der Waals surface area contributed by atoms with Gasteiger partial charge in [-0.3, -0.25) is 9.78 Å². The Bertz CT molecular complexity index is 334. The molecule has 0 bridgehead atoms. The molecule has 1 atom stereocenters. The van der Waals surface area contributed by atoms with Gasteiger partial charge in [0.2, 0.25) is 5.91 Å². The van der Waals surface area contributed by atoms with Crippen LogP contribution in [-0.2, 0) is 4.79 Å². The summed E-state index contributed by atoms with van der Waals surface area (Å²) in [5.41, 5.74) is 7.27. The first-order valence-electron chi connectivity index (χ1n) is 5.10. The van der Waals surface area contributed by atoms with Crippen molar-refractivity contribution in [3.8, 4) is 0 Å². The smallest absolute Gasteiger partial charge is 0.228 e. The van der Waals surface area contributed by atoms with Gasteiger partial charge in [0.25, 0.3) is 0 Å². The average Bonchev–Trinajstić information content (AvgIpc) is 2.23. The van der Waals surface area contributed by atoms with E-state index in [2.05, 4.69) is 10.3 Å². The van der Waals surface area contributed by atoms with Crippen LogP contribution in [0.25, 0.3) is 0 Å². The number of nitrogens with zero attached hydrogens (tertiary/aromatic N) is 1. The summed E-state index contributed by atoms with van der Waals surface area (Å²) in [4.78, 5) is 15.7. The van der Waals surface area contributed by atoms with Gasteiger partial charge in [-0.1, -0.05) is 6.92 Å². The topological polar surface area (TPSA) is 68.0 Å². The number of anilines is 1. The molecule has 4 heteroatoms. The van der Waals surface area contributed by atoms with Crippen LogP contribution in [-0.4, -0.2) is 17.4 Å². The van der Waals surface area contributed by atoms with Crippen LogP contribution in [0.15, 0.2) is 18.5 Å². The Morgan fingerprint density at radius 2 is 2.40 bits per heavy atom. The molecular weight excluding hydrogens is 190 g/mol. The lowest BCUT2D eigenvalue weighted by Crippen LogP contribution is -2.28. The number of nitrogens with one attached hydrogen (secondary N) is 1. The highest BCUT2D eigenvalue weighted by molar-refractivity contribution is 5.93. The van der Waals surface area contributed by atoms with Crippen LogP contribution in [0.2, 0.25) is 0 Å². The largest absolute Gasteiger partial charge is 0.330 e. The molecule has 0 aliphatic carbocycles. The Balaban J connectivity index is 2.70. The van der Waals surface area contributed by atoms with Crippen molar-refractivity contribution in [3.05, 3.63) is 24.0 Å². The molecule has 1 aromatic heterocycles. The number of amides is 1. The number of pyridine rings is 1. The summed E-state index contributed by atoms with van der Waals surface area (Å²) in [6.45, 7) is 4.25. The Labute approximate surface area is 89.9 Å². The molecule has 0 spiro atoms. The van der Waals surface area contributed by atoms with Crippen LogP contribution in [0.1, 0.15) is 18.9 Å². The standard InChI is InChI=1S/C11H17N3O/c1-3-9(6-12)11(15)14-10-4-5-13-7-8(10)2/h4-5,7,9H,3,6,12H2,1-2H3,(H,13,14,15). The molecular formula is C11H17N3O. The maximum atomic E-state index is 11.7. The van der Waals surface area contributed by atoms with Gasteiger partial charge in [-0.05, 0) is 25.0 Å². The molecule has 1 rings (SSSR count). The molecule has 1 amide bonds. The van der Waals surface area contributed by atoms with E-state index in [9.17, 15) is 4.79 Å². The van der Waals surface area contributed by atoms with E-state index in [1.807, 2.05) is 13.8 Å². The Hall–Kier alpha value is -1.42. The molecule has 4 nitrogen and oxygen atoms in total. The molecule has 0 saturated carbocycles. The summed E-state index contributed by atoms with van der Waals surface area (Å²) in [6.07, 6.45) is 4.14. The van der Waals surface area contributed by atoms with Gasteiger partial charge in [0.1, 0.15) is 0 Å². The van der Waals surface area contributed by atoms with Crippen LogP contribution in [0, 0.1) is 12.8 Å². The van der Waals surface area contributed by atoms with Crippen molar-refractivity contribution in [2.24, 2.45) is 11.7 Å². The van der Waals surface area contributed by atoms with Gasteiger partial charge < -0.3 is 11.1 Å². The van der Waals surface area contributed by atoms with Crippen molar-refractivity contribution in [2.75, 3.05) is 11.9 Å². The highest BCUT2D eigenvalue weighted by Crippen LogP contribution is 2.13. The Kier molecular flexibility index (Phi) is 4.24. The fourth-order valence-corrected chi connectivity index (χ4v) is 1.31. The predicted octanol–water partition coefficient (Wildman–Crippen LogP) is 1.31. The van der Waals surface area contributed by atoms with Crippen LogP contribution in [0.3, 0.4) is 0 Å². The van der Waals surface area contributed by atoms with Crippen LogP contribution < -0.4 is 11.1 Å². The third-order valence-corrected chi connectivity index (χ3v) is 2.43. The summed E-state index contributed by atoms with van der Waals surface area (Å²) in [5.74, 6) is -0.133. The van der Waals surface area contributed by atoms with Crippen LogP contribution in [0.5, 0.6) is 0 Å². The lowest BCUT2D eigenvalue weighted by atomic mass is 10.1. The first-order valence-corrected chi connectivity index (χ1v) is 5.10. The minimum absolute atomic E-state index is 0.0192. The Morgan fingerprint density at radius 3 is 2.93 bits per heavy atom. The number of rotatable bonds is 4. The summed E-state index contributed by atoms with van der Waals surface area (Å²) >= 11 is 0. The number of carbonyl (C=O) groups is 1. The minimum atomic E-state index is -0.113. The Morgan fingerprint density at radius 1 is 1.67 bits per heavy atom. The van der Waals surface area contributed by atoms with Gasteiger partial charge in [0.05, 0.1) is 5.92 Å². The predicted molar refractivity (Wildman–Crippen MR) is 60.4 cm³/mol. The number of hydrogen-bond acceptors (Lipinski definition) is 3. The lowest BCUT2D eigenvalue weighted by Gasteiger charge is -2.13. The van der Waals surface area contributed by atoms with Gasteiger partial charge in [-0.25, -0.2) is 0 Å². The van der Waals surface area contributed by atoms with Crippen molar-refractivity contribution >= 4 is 11.6 Å². The fourth-order valence-electron chi connectivity index (χ4n) is 1.31. The summed E-state index contributed by atoms with van der Waals surface area (Å²) in [7, 11) is 0. The number of aromatic nitrogens is 1. The quantitative estimate of drug-likeness (QED) is 0.782. The van der Waals surface area contributed by atoms with E-state index >= 15 is 0 Å². The van der Waals surface area contributed by atoms with Gasteiger partial charge in [-0.2, -0.15) is 0 Å². The van der Waals surface area contributed by atoms with Gasteiger partial charge in [-0.15, -0.1) is 0 Å². The monoisotopic (exact) mass is 207 g/mol. The fraction of sp³-hybridized carbons (Fsp3) is 0.455. The molecule has 0 aliphatic rings. The van der Waals surface area contributed by atoms with Crippen molar-refractivity contribution in [1.29, 1.82) is 0 Å². The number of hydrogen-bond donors (Lipinski definition) is 2. The van der Waals surface area contributed by atoms with E-state index in [1.165, 1.54) is 0 Å². The maximum absolute atomic E-state index is 11.7. The summed E-state index contributed by atoms with van der Waals surface area (Å²) in [5, 5.41) is 2.85. The molecule has 1 aromatic rings. The number of nitrogens with two attached hydrogens (primary N) is 1. The third kappa shape index (κ3) is 3.02. The zero-order valence-electron chi connectivity index (χ0n) is 9.16. The van der Waals surface area contributed by atoms with Crippen LogP contribution >= 0.6 is 0 Å². The second-order valence-electron chi connectivity index (χ2n) is 3.52. The zero-order valence-corrected chi connectivity index (χ0v) is 9.16. The minimum Gasteiger partial charge on any atom is -0.330 e. The van der Waals surface area contributed by atoms with Crippen molar-refractivity contribution in [2.45, 2.75) is 20.3 Å². The molecule has 0 saturated heterocycles. The first kappa shape index (κ1) is 11.7. The van der Waals surface area contributed by atoms with Gasteiger partial charge in [0, 0.05) is 24.6 Å². The molecule has 1 heterocycles. The van der Waals surface area contributed by atoms with Crippen molar-refractivity contribution in [1.82, 2.24) is 4.98 Å². The number of aryl methyl sites for hydroxylation is 1. The average molecular weight is 207 g/mol. The van der Waals surface area contributed by atoms with Gasteiger partial charge >= 0.3 is 0 Å². The highest BCUT2D eigenvalue weighted by Gasteiger charge is 2.14. The lowest BCUT2D eigenvalue weighted by molar-refractivity contribution is -0.119. The molecule has 0 aromatic carbocycles. The van der Waals surface area contributed by atoms with E-state index < -0.39 is 0 Å². The summed E-state index contributed by atoms with van der Waals surface area (Å²) < 4.78 is 0. The van der Waals surface area contributed by atoms with E-state index in [1.54, 1.807) is 18.5 Å². The van der Waals surface area contributed by atoms with Crippen molar-refractivity contribution < 1.29 is 4.79 Å². The molecule has 0 fully saturated rings. The molecule has 0 radical (unpaired) electrons. The molecule has 3 N–H and O–H groups in total. The third-order valence-electron chi connectivity index (χ3n) is 2.43. The van der Waals surface area contributed by atoms with Crippen molar-refractivity contribution in [3.63, 3.8) is 0 Å². The van der Waals surface area contributed by atoms with E-state index in [-0.39, 0.29) is 11.8 Å².